The Morgan fingerprint density at radius 1 is 1.04 bits per heavy atom. The van der Waals surface area contributed by atoms with Gasteiger partial charge >= 0.3 is 0 Å². The molecule has 0 saturated heterocycles. The first-order valence-corrected chi connectivity index (χ1v) is 11.1. The predicted molar refractivity (Wildman–Crippen MR) is 112 cm³/mol. The maximum absolute atomic E-state index is 12.3. The minimum atomic E-state index is -3.61. The lowest BCUT2D eigenvalue weighted by Gasteiger charge is -2.24. The topological polar surface area (TPSA) is 75.7 Å². The quantitative estimate of drug-likeness (QED) is 0.696. The van der Waals surface area contributed by atoms with Crippen LogP contribution in [0.1, 0.15) is 26.3 Å². The number of hydrogen-bond donors (Lipinski definition) is 1. The molecule has 0 aliphatic carbocycles. The fourth-order valence-corrected chi connectivity index (χ4v) is 3.30. The SMILES string of the molecule is CC(C)C(C)NC(=O)CN(c1ccc(OCc2ccccc2)cc1)S(C)(=O)=O. The highest BCUT2D eigenvalue weighted by Gasteiger charge is 2.22. The van der Waals surface area contributed by atoms with E-state index in [4.69, 9.17) is 4.74 Å². The van der Waals surface area contributed by atoms with Gasteiger partial charge < -0.3 is 10.1 Å². The molecule has 1 amide bonds. The fourth-order valence-electron chi connectivity index (χ4n) is 2.45. The summed E-state index contributed by atoms with van der Waals surface area (Å²) in [6, 6.07) is 16.4. The molecule has 0 bridgehead atoms. The van der Waals surface area contributed by atoms with E-state index in [0.717, 1.165) is 16.1 Å². The van der Waals surface area contributed by atoms with Crippen LogP contribution in [0, 0.1) is 5.92 Å². The normalized spacial score (nSPS) is 12.5. The zero-order valence-corrected chi connectivity index (χ0v) is 17.6. The molecule has 0 aromatic heterocycles. The fraction of sp³-hybridized carbons (Fsp3) is 0.381. The van der Waals surface area contributed by atoms with Gasteiger partial charge in [-0.05, 0) is 42.7 Å². The van der Waals surface area contributed by atoms with E-state index in [1.807, 2.05) is 51.1 Å². The van der Waals surface area contributed by atoms with Crippen LogP contribution in [0.15, 0.2) is 54.6 Å². The molecule has 0 spiro atoms. The van der Waals surface area contributed by atoms with Gasteiger partial charge in [0, 0.05) is 6.04 Å². The van der Waals surface area contributed by atoms with Crippen LogP contribution in [0.3, 0.4) is 0 Å². The first kappa shape index (κ1) is 21.8. The Labute approximate surface area is 167 Å². The standard InChI is InChI=1S/C21H28N2O4S/c1-16(2)17(3)22-21(24)14-23(28(4,25)26)19-10-12-20(13-11-19)27-15-18-8-6-5-7-9-18/h5-13,16-17H,14-15H2,1-4H3,(H,22,24). The molecule has 0 aliphatic rings. The molecule has 2 rings (SSSR count). The smallest absolute Gasteiger partial charge is 0.240 e. The van der Waals surface area contributed by atoms with Crippen molar-refractivity contribution in [1.29, 1.82) is 0 Å². The largest absolute Gasteiger partial charge is 0.489 e. The van der Waals surface area contributed by atoms with Gasteiger partial charge in [0.15, 0.2) is 0 Å². The highest BCUT2D eigenvalue weighted by atomic mass is 32.2. The van der Waals surface area contributed by atoms with Crippen LogP contribution < -0.4 is 14.4 Å². The Balaban J connectivity index is 2.06. The summed E-state index contributed by atoms with van der Waals surface area (Å²) in [5.74, 6) is 0.548. The predicted octanol–water partition coefficient (Wildman–Crippen LogP) is 3.19. The molecule has 6 nitrogen and oxygen atoms in total. The van der Waals surface area contributed by atoms with Crippen LogP contribution in [0.2, 0.25) is 0 Å². The summed E-state index contributed by atoms with van der Waals surface area (Å²) in [7, 11) is -3.61. The van der Waals surface area contributed by atoms with Gasteiger partial charge in [-0.15, -0.1) is 0 Å². The molecule has 28 heavy (non-hydrogen) atoms. The van der Waals surface area contributed by atoms with Crippen molar-refractivity contribution >= 4 is 21.6 Å². The average molecular weight is 405 g/mol. The van der Waals surface area contributed by atoms with Crippen LogP contribution in [0.25, 0.3) is 0 Å². The second kappa shape index (κ2) is 9.59. The lowest BCUT2D eigenvalue weighted by Crippen LogP contribution is -2.44. The van der Waals surface area contributed by atoms with Gasteiger partial charge in [0.1, 0.15) is 18.9 Å². The zero-order chi connectivity index (χ0) is 20.7. The molecule has 0 saturated carbocycles. The van der Waals surface area contributed by atoms with Crippen molar-refractivity contribution in [2.75, 3.05) is 17.1 Å². The minimum absolute atomic E-state index is 0.0392. The van der Waals surface area contributed by atoms with Crippen molar-refractivity contribution in [2.24, 2.45) is 5.92 Å². The highest BCUT2D eigenvalue weighted by molar-refractivity contribution is 7.92. The third-order valence-electron chi connectivity index (χ3n) is 4.45. The number of ether oxygens (including phenoxy) is 1. The Kier molecular flexibility index (Phi) is 7.45. The summed E-state index contributed by atoms with van der Waals surface area (Å²) in [6.07, 6.45) is 1.09. The number of nitrogens with zero attached hydrogens (tertiary/aromatic N) is 1. The monoisotopic (exact) mass is 404 g/mol. The van der Waals surface area contributed by atoms with Crippen molar-refractivity contribution in [2.45, 2.75) is 33.4 Å². The van der Waals surface area contributed by atoms with Crippen molar-refractivity contribution in [3.8, 4) is 5.75 Å². The van der Waals surface area contributed by atoms with E-state index >= 15 is 0 Å². The number of sulfonamides is 1. The molecule has 0 fully saturated rings. The summed E-state index contributed by atoms with van der Waals surface area (Å²) in [5.41, 5.74) is 1.46. The van der Waals surface area contributed by atoms with E-state index in [1.54, 1.807) is 24.3 Å². The molecule has 0 aliphatic heterocycles. The Bertz CT molecular complexity index is 865. The second-order valence-corrected chi connectivity index (χ2v) is 9.04. The average Bonchev–Trinajstić information content (AvgIpc) is 2.65. The number of nitrogens with one attached hydrogen (secondary N) is 1. The molecule has 0 radical (unpaired) electrons. The first-order chi connectivity index (χ1) is 13.2. The Hall–Kier alpha value is -2.54. The van der Waals surface area contributed by atoms with Gasteiger partial charge in [-0.1, -0.05) is 44.2 Å². The molecule has 1 N–H and O–H groups in total. The second-order valence-electron chi connectivity index (χ2n) is 7.14. The van der Waals surface area contributed by atoms with Gasteiger partial charge in [-0.3, -0.25) is 9.10 Å². The van der Waals surface area contributed by atoms with E-state index in [1.165, 1.54) is 0 Å². The Morgan fingerprint density at radius 2 is 1.64 bits per heavy atom. The Morgan fingerprint density at radius 3 is 2.18 bits per heavy atom. The maximum Gasteiger partial charge on any atom is 0.240 e. The highest BCUT2D eigenvalue weighted by Crippen LogP contribution is 2.22. The third-order valence-corrected chi connectivity index (χ3v) is 5.59. The van der Waals surface area contributed by atoms with Crippen LogP contribution >= 0.6 is 0 Å². The zero-order valence-electron chi connectivity index (χ0n) is 16.8. The summed E-state index contributed by atoms with van der Waals surface area (Å²) in [6.45, 7) is 6.04. The van der Waals surface area contributed by atoms with Crippen molar-refractivity contribution in [3.05, 3.63) is 60.2 Å². The van der Waals surface area contributed by atoms with E-state index in [0.29, 0.717) is 18.0 Å². The van der Waals surface area contributed by atoms with Gasteiger partial charge in [0.25, 0.3) is 0 Å². The first-order valence-electron chi connectivity index (χ1n) is 9.20. The number of amides is 1. The molecular formula is C21H28N2O4S. The maximum atomic E-state index is 12.3. The van der Waals surface area contributed by atoms with Crippen LogP contribution in [-0.4, -0.2) is 33.2 Å². The lowest BCUT2D eigenvalue weighted by molar-refractivity contribution is -0.120. The number of hydrogen-bond acceptors (Lipinski definition) is 4. The van der Waals surface area contributed by atoms with Crippen LogP contribution in [-0.2, 0) is 21.4 Å². The van der Waals surface area contributed by atoms with E-state index in [-0.39, 0.29) is 24.4 Å². The van der Waals surface area contributed by atoms with Crippen LogP contribution in [0.4, 0.5) is 5.69 Å². The molecule has 1 unspecified atom stereocenters. The van der Waals surface area contributed by atoms with E-state index in [9.17, 15) is 13.2 Å². The van der Waals surface area contributed by atoms with E-state index < -0.39 is 10.0 Å². The van der Waals surface area contributed by atoms with Crippen molar-refractivity contribution in [3.63, 3.8) is 0 Å². The summed E-state index contributed by atoms with van der Waals surface area (Å²) in [4.78, 5) is 12.3. The lowest BCUT2D eigenvalue weighted by atomic mass is 10.1. The van der Waals surface area contributed by atoms with E-state index in [2.05, 4.69) is 5.32 Å². The molecule has 1 atom stereocenters. The molecule has 7 heteroatoms. The van der Waals surface area contributed by atoms with Gasteiger partial charge in [0.05, 0.1) is 11.9 Å². The number of rotatable bonds is 9. The molecule has 2 aromatic carbocycles. The molecule has 152 valence electrons. The van der Waals surface area contributed by atoms with Crippen molar-refractivity contribution < 1.29 is 17.9 Å². The number of anilines is 1. The van der Waals surface area contributed by atoms with Crippen molar-refractivity contribution in [1.82, 2.24) is 5.32 Å². The minimum Gasteiger partial charge on any atom is -0.489 e. The van der Waals surface area contributed by atoms with Gasteiger partial charge in [-0.2, -0.15) is 0 Å². The summed E-state index contributed by atoms with van der Waals surface area (Å²) in [5, 5.41) is 2.83. The third kappa shape index (κ3) is 6.56. The van der Waals surface area contributed by atoms with Crippen LogP contribution in [0.5, 0.6) is 5.75 Å². The molecule has 2 aromatic rings. The molecular weight excluding hydrogens is 376 g/mol. The number of carbonyl (C=O) groups excluding carboxylic acids is 1. The van der Waals surface area contributed by atoms with Gasteiger partial charge in [0.2, 0.25) is 15.9 Å². The number of benzene rings is 2. The van der Waals surface area contributed by atoms with Gasteiger partial charge in [-0.25, -0.2) is 8.42 Å². The summed E-state index contributed by atoms with van der Waals surface area (Å²) >= 11 is 0. The number of carbonyl (C=O) groups is 1. The summed E-state index contributed by atoms with van der Waals surface area (Å²) < 4.78 is 31.2. The molecule has 0 heterocycles.